The molecule has 148 valence electrons. The van der Waals surface area contributed by atoms with Gasteiger partial charge in [-0.3, -0.25) is 14.5 Å². The Labute approximate surface area is 163 Å². The number of rotatable bonds is 6. The first-order valence-corrected chi connectivity index (χ1v) is 9.39. The monoisotopic (exact) mass is 384 g/mol. The molecule has 28 heavy (non-hydrogen) atoms. The fraction of sp³-hybridized carbons (Fsp3) is 0.400. The summed E-state index contributed by atoms with van der Waals surface area (Å²) in [6.45, 7) is 6.23. The predicted octanol–water partition coefficient (Wildman–Crippen LogP) is 2.52. The van der Waals surface area contributed by atoms with E-state index in [9.17, 15) is 14.4 Å². The summed E-state index contributed by atoms with van der Waals surface area (Å²) in [7, 11) is 0. The van der Waals surface area contributed by atoms with Crippen molar-refractivity contribution in [2.75, 3.05) is 16.8 Å². The van der Waals surface area contributed by atoms with Crippen molar-refractivity contribution in [2.45, 2.75) is 46.2 Å². The third-order valence-electron chi connectivity index (χ3n) is 4.58. The number of carbonyl (C=O) groups excluding carboxylic acids is 3. The third-order valence-corrected chi connectivity index (χ3v) is 4.58. The first-order chi connectivity index (χ1) is 13.4. The van der Waals surface area contributed by atoms with Crippen molar-refractivity contribution in [3.8, 4) is 0 Å². The van der Waals surface area contributed by atoms with E-state index < -0.39 is 12.0 Å². The molecule has 0 saturated carbocycles. The smallest absolute Gasteiger partial charge is 0.338 e. The third kappa shape index (κ3) is 3.90. The van der Waals surface area contributed by atoms with Crippen LogP contribution in [0.3, 0.4) is 0 Å². The summed E-state index contributed by atoms with van der Waals surface area (Å²) in [5.41, 5.74) is 1.63. The highest BCUT2D eigenvalue weighted by molar-refractivity contribution is 6.05. The van der Waals surface area contributed by atoms with Crippen molar-refractivity contribution in [3.05, 3.63) is 41.6 Å². The molecule has 0 aliphatic carbocycles. The van der Waals surface area contributed by atoms with Gasteiger partial charge in [-0.1, -0.05) is 13.0 Å². The first kappa shape index (κ1) is 19.6. The normalized spacial score (nSPS) is 14.4. The largest absolute Gasteiger partial charge is 0.462 e. The number of esters is 1. The lowest BCUT2D eigenvalue weighted by atomic mass is 10.1. The molecule has 2 aromatic rings. The van der Waals surface area contributed by atoms with Crippen LogP contribution < -0.4 is 10.2 Å². The molecule has 1 aromatic carbocycles. The van der Waals surface area contributed by atoms with Gasteiger partial charge < -0.3 is 10.1 Å². The molecule has 0 spiro atoms. The average Bonchev–Trinajstić information content (AvgIpc) is 3.05. The van der Waals surface area contributed by atoms with E-state index in [2.05, 4.69) is 10.4 Å². The summed E-state index contributed by atoms with van der Waals surface area (Å²) >= 11 is 0. The second-order valence-corrected chi connectivity index (χ2v) is 6.60. The molecular formula is C20H24N4O4. The summed E-state index contributed by atoms with van der Waals surface area (Å²) < 4.78 is 6.75. The molecule has 8 heteroatoms. The van der Waals surface area contributed by atoms with Crippen LogP contribution in [0.15, 0.2) is 30.3 Å². The minimum atomic E-state index is -0.672. The minimum absolute atomic E-state index is 0.102. The Balaban J connectivity index is 1.82. The molecule has 1 aliphatic heterocycles. The van der Waals surface area contributed by atoms with Crippen molar-refractivity contribution in [1.29, 1.82) is 0 Å². The highest BCUT2D eigenvalue weighted by Gasteiger charge is 2.34. The minimum Gasteiger partial charge on any atom is -0.462 e. The second kappa shape index (κ2) is 8.24. The Morgan fingerprint density at radius 1 is 1.29 bits per heavy atom. The maximum atomic E-state index is 13.0. The highest BCUT2D eigenvalue weighted by atomic mass is 16.5. The average molecular weight is 384 g/mol. The van der Waals surface area contributed by atoms with E-state index in [1.807, 2.05) is 19.9 Å². The summed E-state index contributed by atoms with van der Waals surface area (Å²) in [4.78, 5) is 39.0. The fourth-order valence-electron chi connectivity index (χ4n) is 3.32. The molecular weight excluding hydrogens is 360 g/mol. The zero-order chi connectivity index (χ0) is 20.3. The Kier molecular flexibility index (Phi) is 5.77. The number of anilines is 2. The van der Waals surface area contributed by atoms with Gasteiger partial charge in [-0.2, -0.15) is 5.10 Å². The van der Waals surface area contributed by atoms with Crippen LogP contribution in [0.5, 0.6) is 0 Å². The molecule has 1 N–H and O–H groups in total. The summed E-state index contributed by atoms with van der Waals surface area (Å²) in [5, 5.41) is 7.20. The van der Waals surface area contributed by atoms with E-state index >= 15 is 0 Å². The van der Waals surface area contributed by atoms with Gasteiger partial charge in [0.2, 0.25) is 11.8 Å². The standard InChI is InChI=1S/C20H24N4O4/c1-4-16(24-17-11-13(3)22-23(17)10-9-18(24)25)19(26)21-15-8-6-7-14(12-15)20(27)28-5-2/h6-8,11-12,16H,4-5,9-10H2,1-3H3,(H,21,26)/t16-/m0/s1. The van der Waals surface area contributed by atoms with E-state index in [4.69, 9.17) is 4.74 Å². The molecule has 3 rings (SSSR count). The number of hydrogen-bond donors (Lipinski definition) is 1. The summed E-state index contributed by atoms with van der Waals surface area (Å²) in [6, 6.07) is 7.70. The van der Waals surface area contributed by atoms with Crippen molar-refractivity contribution >= 4 is 29.3 Å². The number of amides is 2. The Hall–Kier alpha value is -3.16. The first-order valence-electron chi connectivity index (χ1n) is 9.39. The Morgan fingerprint density at radius 3 is 2.79 bits per heavy atom. The van der Waals surface area contributed by atoms with Crippen molar-refractivity contribution < 1.29 is 19.1 Å². The van der Waals surface area contributed by atoms with Crippen LogP contribution in [0.2, 0.25) is 0 Å². The quantitative estimate of drug-likeness (QED) is 0.773. The van der Waals surface area contributed by atoms with Crippen molar-refractivity contribution in [3.63, 3.8) is 0 Å². The second-order valence-electron chi connectivity index (χ2n) is 6.60. The number of nitrogens with zero attached hydrogens (tertiary/aromatic N) is 3. The lowest BCUT2D eigenvalue weighted by Gasteiger charge is -2.33. The van der Waals surface area contributed by atoms with Gasteiger partial charge in [-0.05, 0) is 38.5 Å². The lowest BCUT2D eigenvalue weighted by molar-refractivity contribution is -0.124. The molecule has 1 atom stereocenters. The van der Waals surface area contributed by atoms with Gasteiger partial charge in [-0.15, -0.1) is 0 Å². The van der Waals surface area contributed by atoms with Gasteiger partial charge in [-0.25, -0.2) is 9.48 Å². The van der Waals surface area contributed by atoms with E-state index in [1.54, 1.807) is 35.9 Å². The number of aromatic nitrogens is 2. The van der Waals surface area contributed by atoms with E-state index in [0.717, 1.165) is 5.69 Å². The molecule has 1 aliphatic rings. The Bertz CT molecular complexity index is 905. The SMILES string of the molecule is CCOC(=O)c1cccc(NC(=O)[C@H](CC)N2C(=O)CCn3nc(C)cc32)c1. The zero-order valence-electron chi connectivity index (χ0n) is 16.3. The number of hydrogen-bond acceptors (Lipinski definition) is 5. The van der Waals surface area contributed by atoms with Gasteiger partial charge >= 0.3 is 5.97 Å². The molecule has 0 unspecified atom stereocenters. The summed E-state index contributed by atoms with van der Waals surface area (Å²) in [5.74, 6) is -0.230. The molecule has 8 nitrogen and oxygen atoms in total. The predicted molar refractivity (Wildman–Crippen MR) is 104 cm³/mol. The van der Waals surface area contributed by atoms with Crippen LogP contribution in [0, 0.1) is 6.92 Å². The van der Waals surface area contributed by atoms with Crippen molar-refractivity contribution in [2.24, 2.45) is 0 Å². The van der Waals surface area contributed by atoms with E-state index in [0.29, 0.717) is 36.5 Å². The van der Waals surface area contributed by atoms with Crippen LogP contribution in [0.4, 0.5) is 11.5 Å². The van der Waals surface area contributed by atoms with Crippen LogP contribution in [0.25, 0.3) is 0 Å². The summed E-state index contributed by atoms with van der Waals surface area (Å²) in [6.07, 6.45) is 0.746. The van der Waals surface area contributed by atoms with Gasteiger partial charge in [0.15, 0.2) is 0 Å². The van der Waals surface area contributed by atoms with Gasteiger partial charge in [0.1, 0.15) is 11.9 Å². The van der Waals surface area contributed by atoms with Crippen LogP contribution in [-0.4, -0.2) is 40.2 Å². The molecule has 0 radical (unpaired) electrons. The maximum Gasteiger partial charge on any atom is 0.338 e. The molecule has 2 amide bonds. The van der Waals surface area contributed by atoms with E-state index in [1.165, 1.54) is 4.90 Å². The number of carbonyl (C=O) groups is 3. The maximum absolute atomic E-state index is 13.0. The molecule has 0 fully saturated rings. The topological polar surface area (TPSA) is 93.5 Å². The van der Waals surface area contributed by atoms with Gasteiger partial charge in [0.25, 0.3) is 0 Å². The lowest BCUT2D eigenvalue weighted by Crippen LogP contribution is -2.50. The van der Waals surface area contributed by atoms with Crippen LogP contribution in [-0.2, 0) is 20.9 Å². The van der Waals surface area contributed by atoms with Crippen LogP contribution in [0.1, 0.15) is 42.7 Å². The molecule has 0 bridgehead atoms. The number of ether oxygens (including phenoxy) is 1. The molecule has 1 aromatic heterocycles. The fourth-order valence-corrected chi connectivity index (χ4v) is 3.32. The van der Waals surface area contributed by atoms with Crippen molar-refractivity contribution in [1.82, 2.24) is 9.78 Å². The molecule has 0 saturated heterocycles. The van der Waals surface area contributed by atoms with E-state index in [-0.39, 0.29) is 18.4 Å². The highest BCUT2D eigenvalue weighted by Crippen LogP contribution is 2.26. The number of benzene rings is 1. The number of nitrogens with one attached hydrogen (secondary N) is 1. The number of aryl methyl sites for hydroxylation is 2. The molecule has 2 heterocycles. The Morgan fingerprint density at radius 2 is 2.07 bits per heavy atom. The van der Waals surface area contributed by atoms with Gasteiger partial charge in [0.05, 0.1) is 24.4 Å². The number of fused-ring (bicyclic) bond motifs is 1. The van der Waals surface area contributed by atoms with Gasteiger partial charge in [0, 0.05) is 18.2 Å². The zero-order valence-corrected chi connectivity index (χ0v) is 16.3. The van der Waals surface area contributed by atoms with Crippen LogP contribution >= 0.6 is 0 Å².